The molecule has 1 amide bonds. The standard InChI is InChI=1S/C28H27N3O5/c1-5-12-35-20-9-8-18(15-22(20)34-6-2)24-23-25(32)19-13-16(3)17(4)14-21(19)36-26(23)27(33)31(24)28-29-10-7-11-30-28/h7-11,13-15,24H,5-6,12H2,1-4H3. The summed E-state index contributed by atoms with van der Waals surface area (Å²) in [6.07, 6.45) is 3.97. The van der Waals surface area contributed by atoms with Gasteiger partial charge >= 0.3 is 0 Å². The van der Waals surface area contributed by atoms with Gasteiger partial charge < -0.3 is 13.9 Å². The van der Waals surface area contributed by atoms with Crippen LogP contribution < -0.4 is 19.8 Å². The second-order valence-corrected chi connectivity index (χ2v) is 8.72. The van der Waals surface area contributed by atoms with E-state index in [2.05, 4.69) is 9.97 Å². The number of aryl methyl sites for hydroxylation is 2. The van der Waals surface area contributed by atoms with Crippen molar-refractivity contribution in [2.75, 3.05) is 18.1 Å². The van der Waals surface area contributed by atoms with Gasteiger partial charge in [-0.2, -0.15) is 0 Å². The number of ether oxygens (including phenoxy) is 2. The highest BCUT2D eigenvalue weighted by Gasteiger charge is 2.45. The van der Waals surface area contributed by atoms with E-state index in [-0.39, 0.29) is 22.7 Å². The van der Waals surface area contributed by atoms with Crippen LogP contribution in [0.1, 0.15) is 59.1 Å². The van der Waals surface area contributed by atoms with Gasteiger partial charge in [0.1, 0.15) is 5.58 Å². The number of fused-ring (bicyclic) bond motifs is 2. The molecule has 0 N–H and O–H groups in total. The Morgan fingerprint density at radius 2 is 1.72 bits per heavy atom. The zero-order valence-electron chi connectivity index (χ0n) is 20.7. The fourth-order valence-electron chi connectivity index (χ4n) is 4.46. The van der Waals surface area contributed by atoms with E-state index in [1.807, 2.05) is 45.9 Å². The lowest BCUT2D eigenvalue weighted by molar-refractivity contribution is 0.0969. The van der Waals surface area contributed by atoms with Crippen molar-refractivity contribution >= 4 is 22.8 Å². The van der Waals surface area contributed by atoms with Crippen molar-refractivity contribution in [3.05, 3.63) is 87.0 Å². The largest absolute Gasteiger partial charge is 0.490 e. The van der Waals surface area contributed by atoms with Crippen LogP contribution in [0.5, 0.6) is 11.5 Å². The predicted molar refractivity (Wildman–Crippen MR) is 136 cm³/mol. The van der Waals surface area contributed by atoms with Gasteiger partial charge in [0.15, 0.2) is 16.9 Å². The Bertz CT molecular complexity index is 1510. The van der Waals surface area contributed by atoms with Crippen molar-refractivity contribution in [1.82, 2.24) is 9.97 Å². The summed E-state index contributed by atoms with van der Waals surface area (Å²) in [6.45, 7) is 8.78. The van der Waals surface area contributed by atoms with Gasteiger partial charge in [0.05, 0.1) is 30.2 Å². The summed E-state index contributed by atoms with van der Waals surface area (Å²) in [6, 6.07) is 9.93. The molecule has 1 aliphatic heterocycles. The molecule has 8 heteroatoms. The van der Waals surface area contributed by atoms with Crippen LogP contribution >= 0.6 is 0 Å². The number of benzene rings is 2. The van der Waals surface area contributed by atoms with E-state index >= 15 is 0 Å². The molecule has 8 nitrogen and oxygen atoms in total. The number of hydrogen-bond acceptors (Lipinski definition) is 7. The fraction of sp³-hybridized carbons (Fsp3) is 0.286. The van der Waals surface area contributed by atoms with E-state index in [1.165, 1.54) is 4.90 Å². The van der Waals surface area contributed by atoms with Crippen LogP contribution in [0.4, 0.5) is 5.95 Å². The van der Waals surface area contributed by atoms with Gasteiger partial charge in [0.25, 0.3) is 5.91 Å². The third kappa shape index (κ3) is 3.88. The van der Waals surface area contributed by atoms with Crippen LogP contribution in [0.25, 0.3) is 11.0 Å². The average molecular weight is 486 g/mol. The maximum atomic E-state index is 13.9. The molecular formula is C28H27N3O5. The number of amides is 1. The normalized spacial score (nSPS) is 14.8. The Balaban J connectivity index is 1.76. The molecule has 4 aromatic rings. The minimum atomic E-state index is -0.795. The van der Waals surface area contributed by atoms with Crippen molar-refractivity contribution < 1.29 is 18.7 Å². The molecule has 3 heterocycles. The molecule has 0 radical (unpaired) electrons. The molecule has 0 saturated heterocycles. The van der Waals surface area contributed by atoms with Gasteiger partial charge in [-0.15, -0.1) is 0 Å². The molecule has 0 fully saturated rings. The highest BCUT2D eigenvalue weighted by molar-refractivity contribution is 6.09. The first-order valence-electron chi connectivity index (χ1n) is 12.0. The molecular weight excluding hydrogens is 458 g/mol. The molecule has 0 saturated carbocycles. The second-order valence-electron chi connectivity index (χ2n) is 8.72. The fourth-order valence-corrected chi connectivity index (χ4v) is 4.46. The van der Waals surface area contributed by atoms with Gasteiger partial charge in [-0.25, -0.2) is 9.97 Å². The lowest BCUT2D eigenvalue weighted by Gasteiger charge is -2.24. The lowest BCUT2D eigenvalue weighted by Crippen LogP contribution is -2.31. The molecule has 5 rings (SSSR count). The summed E-state index contributed by atoms with van der Waals surface area (Å²) in [5.74, 6) is 0.847. The third-order valence-electron chi connectivity index (χ3n) is 6.30. The monoisotopic (exact) mass is 485 g/mol. The highest BCUT2D eigenvalue weighted by atomic mass is 16.5. The number of carbonyl (C=O) groups is 1. The van der Waals surface area contributed by atoms with Crippen molar-refractivity contribution in [3.63, 3.8) is 0 Å². The Hall–Kier alpha value is -4.20. The third-order valence-corrected chi connectivity index (χ3v) is 6.30. The Morgan fingerprint density at radius 1 is 0.972 bits per heavy atom. The predicted octanol–water partition coefficient (Wildman–Crippen LogP) is 5.14. The maximum absolute atomic E-state index is 13.9. The topological polar surface area (TPSA) is 94.8 Å². The Morgan fingerprint density at radius 3 is 2.44 bits per heavy atom. The number of hydrogen-bond donors (Lipinski definition) is 0. The molecule has 36 heavy (non-hydrogen) atoms. The van der Waals surface area contributed by atoms with Crippen LogP contribution in [-0.4, -0.2) is 29.1 Å². The first-order chi connectivity index (χ1) is 17.4. The van der Waals surface area contributed by atoms with Gasteiger partial charge in [-0.1, -0.05) is 13.0 Å². The van der Waals surface area contributed by atoms with E-state index in [4.69, 9.17) is 13.9 Å². The molecule has 184 valence electrons. The minimum Gasteiger partial charge on any atom is -0.490 e. The van der Waals surface area contributed by atoms with Crippen LogP contribution in [-0.2, 0) is 0 Å². The average Bonchev–Trinajstić information content (AvgIpc) is 3.17. The van der Waals surface area contributed by atoms with Crippen LogP contribution in [0.15, 0.2) is 58.0 Å². The van der Waals surface area contributed by atoms with E-state index < -0.39 is 11.9 Å². The molecule has 0 aliphatic carbocycles. The van der Waals surface area contributed by atoms with Crippen molar-refractivity contribution in [2.24, 2.45) is 0 Å². The van der Waals surface area contributed by atoms with E-state index in [0.29, 0.717) is 41.2 Å². The summed E-state index contributed by atoms with van der Waals surface area (Å²) in [5, 5.41) is 0.429. The highest BCUT2D eigenvalue weighted by Crippen LogP contribution is 2.42. The van der Waals surface area contributed by atoms with Gasteiger partial charge in [-0.3, -0.25) is 14.5 Å². The summed E-state index contributed by atoms with van der Waals surface area (Å²) in [5.41, 5.74) is 2.98. The van der Waals surface area contributed by atoms with Gasteiger partial charge in [0, 0.05) is 12.4 Å². The summed E-state index contributed by atoms with van der Waals surface area (Å²) >= 11 is 0. The van der Waals surface area contributed by atoms with Gasteiger partial charge in [-0.05, 0) is 74.2 Å². The molecule has 1 unspecified atom stereocenters. The molecule has 0 spiro atoms. The molecule has 2 aromatic heterocycles. The maximum Gasteiger partial charge on any atom is 0.297 e. The molecule has 1 aliphatic rings. The number of anilines is 1. The summed E-state index contributed by atoms with van der Waals surface area (Å²) < 4.78 is 17.8. The first kappa shape index (κ1) is 23.5. The number of aromatic nitrogens is 2. The zero-order valence-corrected chi connectivity index (χ0v) is 20.7. The number of nitrogens with zero attached hydrogens (tertiary/aromatic N) is 3. The summed E-state index contributed by atoms with van der Waals surface area (Å²) in [4.78, 5) is 37.6. The minimum absolute atomic E-state index is 0.00234. The Kier molecular flexibility index (Phi) is 6.18. The van der Waals surface area contributed by atoms with Crippen LogP contribution in [0.2, 0.25) is 0 Å². The zero-order chi connectivity index (χ0) is 25.4. The van der Waals surface area contributed by atoms with Gasteiger partial charge in [0.2, 0.25) is 11.7 Å². The lowest BCUT2D eigenvalue weighted by atomic mass is 9.97. The van der Waals surface area contributed by atoms with E-state index in [1.54, 1.807) is 30.6 Å². The van der Waals surface area contributed by atoms with Crippen molar-refractivity contribution in [3.8, 4) is 11.5 Å². The van der Waals surface area contributed by atoms with Crippen LogP contribution in [0.3, 0.4) is 0 Å². The first-order valence-corrected chi connectivity index (χ1v) is 12.0. The number of rotatable bonds is 7. The Labute approximate surface area is 208 Å². The molecule has 2 aromatic carbocycles. The number of carbonyl (C=O) groups excluding carboxylic acids is 1. The molecule has 1 atom stereocenters. The second kappa shape index (κ2) is 9.45. The van der Waals surface area contributed by atoms with Crippen LogP contribution in [0, 0.1) is 13.8 Å². The quantitative estimate of drug-likeness (QED) is 0.358. The molecule has 0 bridgehead atoms. The van der Waals surface area contributed by atoms with Crippen molar-refractivity contribution in [1.29, 1.82) is 0 Å². The smallest absolute Gasteiger partial charge is 0.297 e. The summed E-state index contributed by atoms with van der Waals surface area (Å²) in [7, 11) is 0. The van der Waals surface area contributed by atoms with E-state index in [9.17, 15) is 9.59 Å². The van der Waals surface area contributed by atoms with E-state index in [0.717, 1.165) is 17.5 Å². The SMILES string of the molecule is CCCOc1ccc(C2c3c(oc4cc(C)c(C)cc4c3=O)C(=O)N2c2ncccn2)cc1OCC. The van der Waals surface area contributed by atoms with Crippen molar-refractivity contribution in [2.45, 2.75) is 40.2 Å².